The summed E-state index contributed by atoms with van der Waals surface area (Å²) in [4.78, 5) is 40.2. The third-order valence-corrected chi connectivity index (χ3v) is 5.62. The largest absolute Gasteiger partial charge is 0.416 e. The molecule has 1 aliphatic carbocycles. The van der Waals surface area contributed by atoms with Gasteiger partial charge in [-0.1, -0.05) is 12.1 Å². The van der Waals surface area contributed by atoms with Gasteiger partial charge in [0.1, 0.15) is 0 Å². The van der Waals surface area contributed by atoms with Crippen LogP contribution in [0.15, 0.2) is 42.5 Å². The molecule has 1 unspecified atom stereocenters. The van der Waals surface area contributed by atoms with Crippen molar-refractivity contribution in [3.63, 3.8) is 0 Å². The summed E-state index contributed by atoms with van der Waals surface area (Å²) in [5.41, 5.74) is 0.256. The zero-order valence-electron chi connectivity index (χ0n) is 16.4. The number of nitrogens with zero attached hydrogens (tertiary/aromatic N) is 2. The van der Waals surface area contributed by atoms with Gasteiger partial charge in [-0.25, -0.2) is 0 Å². The summed E-state index contributed by atoms with van der Waals surface area (Å²) >= 11 is 0. The van der Waals surface area contributed by atoms with Gasteiger partial charge in [0.2, 0.25) is 0 Å². The summed E-state index contributed by atoms with van der Waals surface area (Å²) in [6.45, 7) is 1.70. The predicted molar refractivity (Wildman–Crippen MR) is 102 cm³/mol. The Hall–Kier alpha value is -3.16. The van der Waals surface area contributed by atoms with Crippen molar-refractivity contribution in [1.29, 1.82) is 0 Å². The van der Waals surface area contributed by atoms with Crippen molar-refractivity contribution in [2.45, 2.75) is 38.0 Å². The minimum Gasteiger partial charge on any atom is -0.329 e. The molecule has 2 aromatic rings. The summed E-state index contributed by atoms with van der Waals surface area (Å²) in [6.07, 6.45) is -2.94. The van der Waals surface area contributed by atoms with E-state index in [1.807, 2.05) is 0 Å². The number of amides is 3. The maximum atomic E-state index is 13.3. The molecule has 1 aliphatic heterocycles. The van der Waals surface area contributed by atoms with Gasteiger partial charge < -0.3 is 4.90 Å². The zero-order chi connectivity index (χ0) is 21.8. The Balaban J connectivity index is 1.67. The molecular formula is C22H19F3N2O3. The van der Waals surface area contributed by atoms with E-state index >= 15 is 0 Å². The second-order valence-corrected chi connectivity index (χ2v) is 7.67. The molecule has 0 bridgehead atoms. The fourth-order valence-electron chi connectivity index (χ4n) is 3.79. The Morgan fingerprint density at radius 3 is 2.37 bits per heavy atom. The van der Waals surface area contributed by atoms with Crippen LogP contribution in [0.3, 0.4) is 0 Å². The number of carbonyl (C=O) groups is 3. The average Bonchev–Trinajstić information content (AvgIpc) is 3.53. The van der Waals surface area contributed by atoms with Crippen LogP contribution in [0, 0.1) is 0 Å². The number of hydrogen-bond acceptors (Lipinski definition) is 3. The molecule has 4 rings (SSSR count). The number of halogens is 3. The van der Waals surface area contributed by atoms with E-state index < -0.39 is 29.6 Å². The Morgan fingerprint density at radius 2 is 1.73 bits per heavy atom. The number of rotatable bonds is 4. The van der Waals surface area contributed by atoms with Crippen LogP contribution in [0.2, 0.25) is 0 Å². The van der Waals surface area contributed by atoms with E-state index in [1.54, 1.807) is 17.9 Å². The molecular weight excluding hydrogens is 397 g/mol. The second kappa shape index (κ2) is 6.97. The van der Waals surface area contributed by atoms with Gasteiger partial charge in [-0.15, -0.1) is 0 Å². The number of alkyl halides is 3. The fraction of sp³-hybridized carbons (Fsp3) is 0.318. The topological polar surface area (TPSA) is 57.7 Å². The van der Waals surface area contributed by atoms with Crippen molar-refractivity contribution in [2.75, 3.05) is 7.05 Å². The van der Waals surface area contributed by atoms with Gasteiger partial charge in [0.15, 0.2) is 0 Å². The molecule has 1 heterocycles. The van der Waals surface area contributed by atoms with Gasteiger partial charge in [-0.05, 0) is 55.7 Å². The third kappa shape index (κ3) is 3.36. The number of benzene rings is 2. The van der Waals surface area contributed by atoms with E-state index in [9.17, 15) is 27.6 Å². The molecule has 8 heteroatoms. The molecule has 0 spiro atoms. The second-order valence-electron chi connectivity index (χ2n) is 7.67. The van der Waals surface area contributed by atoms with Gasteiger partial charge in [0.25, 0.3) is 17.7 Å². The van der Waals surface area contributed by atoms with Crippen molar-refractivity contribution < 1.29 is 27.6 Å². The molecule has 5 nitrogen and oxygen atoms in total. The summed E-state index contributed by atoms with van der Waals surface area (Å²) in [7, 11) is 1.37. The Morgan fingerprint density at radius 1 is 1.07 bits per heavy atom. The summed E-state index contributed by atoms with van der Waals surface area (Å²) in [5.74, 6) is -1.28. The van der Waals surface area contributed by atoms with Crippen LogP contribution in [0.25, 0.3) is 0 Å². The molecule has 0 N–H and O–H groups in total. The van der Waals surface area contributed by atoms with Crippen LogP contribution >= 0.6 is 0 Å². The van der Waals surface area contributed by atoms with E-state index in [4.69, 9.17) is 0 Å². The fourth-order valence-corrected chi connectivity index (χ4v) is 3.79. The minimum atomic E-state index is -4.47. The van der Waals surface area contributed by atoms with E-state index in [-0.39, 0.29) is 28.6 Å². The monoisotopic (exact) mass is 416 g/mol. The first-order valence-corrected chi connectivity index (χ1v) is 9.56. The van der Waals surface area contributed by atoms with Crippen LogP contribution in [0.1, 0.15) is 68.0 Å². The van der Waals surface area contributed by atoms with Gasteiger partial charge in [-0.3, -0.25) is 19.3 Å². The van der Waals surface area contributed by atoms with Gasteiger partial charge in [0, 0.05) is 18.7 Å². The van der Waals surface area contributed by atoms with Crippen LogP contribution in [0.5, 0.6) is 0 Å². The van der Waals surface area contributed by atoms with Crippen molar-refractivity contribution in [2.24, 2.45) is 0 Å². The summed E-state index contributed by atoms with van der Waals surface area (Å²) in [6, 6.07) is 8.65. The first-order chi connectivity index (χ1) is 14.1. The average molecular weight is 416 g/mol. The van der Waals surface area contributed by atoms with E-state index in [2.05, 4.69) is 0 Å². The van der Waals surface area contributed by atoms with Gasteiger partial charge in [-0.2, -0.15) is 13.2 Å². The van der Waals surface area contributed by atoms with Crippen molar-refractivity contribution in [3.8, 4) is 0 Å². The standard InChI is InChI=1S/C22H19F3N2O3/c1-12(13-4-3-5-15(10-13)22(23,24)25)27(16-7-8-16)19(28)14-6-9-17-18(11-14)21(30)26(2)20(17)29/h3-6,9-12,16H,7-8H2,1-2H3. The summed E-state index contributed by atoms with van der Waals surface area (Å²) < 4.78 is 39.3. The highest BCUT2D eigenvalue weighted by molar-refractivity contribution is 6.21. The van der Waals surface area contributed by atoms with Gasteiger partial charge in [0.05, 0.1) is 22.7 Å². The van der Waals surface area contributed by atoms with E-state index in [0.29, 0.717) is 5.56 Å². The van der Waals surface area contributed by atoms with E-state index in [1.165, 1.54) is 31.3 Å². The lowest BCUT2D eigenvalue weighted by molar-refractivity contribution is -0.137. The number of carbonyl (C=O) groups excluding carboxylic acids is 3. The zero-order valence-corrected chi connectivity index (χ0v) is 16.4. The Labute approximate surface area is 171 Å². The molecule has 0 radical (unpaired) electrons. The third-order valence-electron chi connectivity index (χ3n) is 5.62. The van der Waals surface area contributed by atoms with E-state index in [0.717, 1.165) is 29.9 Å². The highest BCUT2D eigenvalue weighted by atomic mass is 19.4. The predicted octanol–water partition coefficient (Wildman–Crippen LogP) is 4.30. The molecule has 0 aromatic heterocycles. The smallest absolute Gasteiger partial charge is 0.329 e. The number of hydrogen-bond donors (Lipinski definition) is 0. The molecule has 30 heavy (non-hydrogen) atoms. The van der Waals surface area contributed by atoms with Crippen LogP contribution in [0.4, 0.5) is 13.2 Å². The minimum absolute atomic E-state index is 0.0738. The highest BCUT2D eigenvalue weighted by Crippen LogP contribution is 2.38. The van der Waals surface area contributed by atoms with Crippen molar-refractivity contribution in [1.82, 2.24) is 9.80 Å². The quantitative estimate of drug-likeness (QED) is 0.699. The number of imide groups is 1. The van der Waals surface area contributed by atoms with Crippen molar-refractivity contribution >= 4 is 17.7 Å². The van der Waals surface area contributed by atoms with Crippen molar-refractivity contribution in [3.05, 3.63) is 70.3 Å². The normalized spacial score (nSPS) is 17.2. The molecule has 1 saturated carbocycles. The van der Waals surface area contributed by atoms with Gasteiger partial charge >= 0.3 is 6.18 Å². The first-order valence-electron chi connectivity index (χ1n) is 9.56. The molecule has 1 atom stereocenters. The molecule has 156 valence electrons. The lowest BCUT2D eigenvalue weighted by Crippen LogP contribution is -2.35. The molecule has 2 aromatic carbocycles. The van der Waals surface area contributed by atoms with Crippen LogP contribution in [-0.2, 0) is 6.18 Å². The SMILES string of the molecule is CC(c1cccc(C(F)(F)F)c1)N(C(=O)c1ccc2c(c1)C(=O)N(C)C2=O)C1CC1. The maximum Gasteiger partial charge on any atom is 0.416 e. The number of fused-ring (bicyclic) bond motifs is 1. The highest BCUT2D eigenvalue weighted by Gasteiger charge is 2.39. The lowest BCUT2D eigenvalue weighted by Gasteiger charge is -2.30. The van der Waals surface area contributed by atoms with Crippen LogP contribution in [-0.4, -0.2) is 40.6 Å². The summed E-state index contributed by atoms with van der Waals surface area (Å²) in [5, 5.41) is 0. The lowest BCUT2D eigenvalue weighted by atomic mass is 10.0. The maximum absolute atomic E-state index is 13.3. The molecule has 1 fully saturated rings. The molecule has 0 saturated heterocycles. The molecule has 2 aliphatic rings. The Bertz CT molecular complexity index is 1060. The van der Waals surface area contributed by atoms with Crippen LogP contribution < -0.4 is 0 Å². The Kier molecular flexibility index (Phi) is 4.67. The molecule has 3 amide bonds. The first kappa shape index (κ1) is 20.1.